The van der Waals surface area contributed by atoms with Crippen LogP contribution in [-0.4, -0.2) is 25.0 Å². The van der Waals surface area contributed by atoms with E-state index in [1.54, 1.807) is 12.1 Å². The highest BCUT2D eigenvalue weighted by atomic mass is 79.9. The van der Waals surface area contributed by atoms with Gasteiger partial charge < -0.3 is 11.1 Å². The quantitative estimate of drug-likeness (QED) is 0.547. The van der Waals surface area contributed by atoms with Gasteiger partial charge in [0.1, 0.15) is 23.3 Å². The number of benzene rings is 2. The van der Waals surface area contributed by atoms with E-state index in [4.69, 9.17) is 5.73 Å². The number of nitrogens with one attached hydrogen (secondary N) is 1. The van der Waals surface area contributed by atoms with Crippen LogP contribution in [0.3, 0.4) is 0 Å². The van der Waals surface area contributed by atoms with Crippen molar-refractivity contribution >= 4 is 44.2 Å². The van der Waals surface area contributed by atoms with Crippen molar-refractivity contribution in [2.24, 2.45) is 0 Å². The Labute approximate surface area is 149 Å². The van der Waals surface area contributed by atoms with Crippen molar-refractivity contribution in [1.82, 2.24) is 25.0 Å². The van der Waals surface area contributed by atoms with Crippen LogP contribution in [0.5, 0.6) is 0 Å². The number of halogens is 2. The van der Waals surface area contributed by atoms with Crippen molar-refractivity contribution in [3.8, 4) is 5.82 Å². The summed E-state index contributed by atoms with van der Waals surface area (Å²) in [5.74, 6) is 0.217. The monoisotopic (exact) mass is 399 g/mol. The van der Waals surface area contributed by atoms with Gasteiger partial charge in [-0.05, 0) is 30.3 Å². The molecule has 25 heavy (non-hydrogen) atoms. The van der Waals surface area contributed by atoms with Crippen molar-refractivity contribution in [3.63, 3.8) is 0 Å². The van der Waals surface area contributed by atoms with Gasteiger partial charge in [0.2, 0.25) is 0 Å². The average molecular weight is 400 g/mol. The van der Waals surface area contributed by atoms with Crippen LogP contribution in [0, 0.1) is 5.82 Å². The smallest absolute Gasteiger partial charge is 0.184 e. The molecule has 0 unspecified atom stereocenters. The molecule has 2 aromatic heterocycles. The first-order chi connectivity index (χ1) is 12.1. The van der Waals surface area contributed by atoms with Crippen molar-refractivity contribution in [3.05, 3.63) is 59.1 Å². The van der Waals surface area contributed by atoms with Gasteiger partial charge in [-0.2, -0.15) is 4.68 Å². The van der Waals surface area contributed by atoms with Gasteiger partial charge in [-0.25, -0.2) is 14.4 Å². The third kappa shape index (κ3) is 2.78. The summed E-state index contributed by atoms with van der Waals surface area (Å²) in [7, 11) is 0. The summed E-state index contributed by atoms with van der Waals surface area (Å²) < 4.78 is 16.2. The molecule has 7 nitrogen and oxygen atoms in total. The van der Waals surface area contributed by atoms with Gasteiger partial charge in [0.25, 0.3) is 0 Å². The Bertz CT molecular complexity index is 1080. The fraction of sp³-hybridized carbons (Fsp3) is 0. The minimum absolute atomic E-state index is 0.237. The predicted molar refractivity (Wildman–Crippen MR) is 96.3 cm³/mol. The minimum atomic E-state index is -0.430. The van der Waals surface area contributed by atoms with Crippen LogP contribution in [0.25, 0.3) is 16.9 Å². The van der Waals surface area contributed by atoms with Gasteiger partial charge >= 0.3 is 0 Å². The van der Waals surface area contributed by atoms with Crippen molar-refractivity contribution in [2.45, 2.75) is 0 Å². The van der Waals surface area contributed by atoms with Crippen molar-refractivity contribution in [1.29, 1.82) is 0 Å². The van der Waals surface area contributed by atoms with Gasteiger partial charge in [0.05, 0.1) is 11.2 Å². The molecule has 0 saturated carbocycles. The molecule has 0 aliphatic heterocycles. The largest absolute Gasteiger partial charge is 0.393 e. The number of nitrogens with zero attached hydrogens (tertiary/aromatic N) is 5. The van der Waals surface area contributed by atoms with Crippen LogP contribution >= 0.6 is 15.9 Å². The van der Waals surface area contributed by atoms with Gasteiger partial charge in [0.15, 0.2) is 11.6 Å². The predicted octanol–water partition coefficient (Wildman–Crippen LogP) is 3.44. The SMILES string of the molecule is Nc1c(Nc2ccc(Br)cc2F)ncnc1-n1nnc2ccccc21. The lowest BCUT2D eigenvalue weighted by Gasteiger charge is -2.12. The average Bonchev–Trinajstić information content (AvgIpc) is 3.03. The lowest BCUT2D eigenvalue weighted by molar-refractivity contribution is 0.631. The molecule has 0 atom stereocenters. The standard InChI is InChI=1S/C16H11BrFN7/c17-9-5-6-11(10(18)7-9)22-15-14(19)16(21-8-20-15)25-13-4-2-1-3-12(13)23-24-25/h1-8H,19H2,(H,20,21,22). The molecule has 0 aliphatic rings. The molecule has 2 aromatic carbocycles. The maximum atomic E-state index is 14.0. The molecule has 0 spiro atoms. The molecule has 0 saturated heterocycles. The van der Waals surface area contributed by atoms with Crippen LogP contribution < -0.4 is 11.1 Å². The Morgan fingerprint density at radius 2 is 1.96 bits per heavy atom. The number of nitrogen functional groups attached to an aromatic ring is 1. The molecular weight excluding hydrogens is 389 g/mol. The maximum Gasteiger partial charge on any atom is 0.184 e. The molecule has 4 rings (SSSR count). The van der Waals surface area contributed by atoms with E-state index in [0.29, 0.717) is 15.8 Å². The zero-order valence-electron chi connectivity index (χ0n) is 12.7. The molecule has 4 aromatic rings. The van der Waals surface area contributed by atoms with Crippen LogP contribution in [0.1, 0.15) is 0 Å². The van der Waals surface area contributed by atoms with E-state index in [-0.39, 0.29) is 17.2 Å². The third-order valence-electron chi connectivity index (χ3n) is 3.60. The molecule has 3 N–H and O–H groups in total. The van der Waals surface area contributed by atoms with Crippen LogP contribution in [0.2, 0.25) is 0 Å². The Morgan fingerprint density at radius 1 is 1.12 bits per heavy atom. The number of anilines is 3. The number of fused-ring (bicyclic) bond motifs is 1. The van der Waals surface area contributed by atoms with E-state index in [2.05, 4.69) is 41.5 Å². The van der Waals surface area contributed by atoms with E-state index in [1.165, 1.54) is 17.1 Å². The highest BCUT2D eigenvalue weighted by molar-refractivity contribution is 9.10. The van der Waals surface area contributed by atoms with Crippen LogP contribution in [0.4, 0.5) is 21.6 Å². The number of nitrogens with two attached hydrogens (primary N) is 1. The van der Waals surface area contributed by atoms with E-state index >= 15 is 0 Å². The number of rotatable bonds is 3. The highest BCUT2D eigenvalue weighted by Crippen LogP contribution is 2.28. The number of para-hydroxylation sites is 1. The van der Waals surface area contributed by atoms with E-state index in [1.807, 2.05) is 24.3 Å². The van der Waals surface area contributed by atoms with Crippen molar-refractivity contribution < 1.29 is 4.39 Å². The van der Waals surface area contributed by atoms with E-state index < -0.39 is 5.82 Å². The zero-order chi connectivity index (χ0) is 17.4. The Hall–Kier alpha value is -3.07. The molecule has 0 fully saturated rings. The van der Waals surface area contributed by atoms with Gasteiger partial charge in [-0.1, -0.05) is 33.3 Å². The van der Waals surface area contributed by atoms with Crippen LogP contribution in [0.15, 0.2) is 53.3 Å². The highest BCUT2D eigenvalue weighted by Gasteiger charge is 2.15. The molecule has 0 aliphatic carbocycles. The minimum Gasteiger partial charge on any atom is -0.393 e. The van der Waals surface area contributed by atoms with E-state index in [9.17, 15) is 4.39 Å². The zero-order valence-corrected chi connectivity index (χ0v) is 14.3. The van der Waals surface area contributed by atoms with Crippen molar-refractivity contribution in [2.75, 3.05) is 11.1 Å². The number of hydrogen-bond donors (Lipinski definition) is 2. The summed E-state index contributed by atoms with van der Waals surface area (Å²) in [4.78, 5) is 8.29. The number of hydrogen-bond acceptors (Lipinski definition) is 6. The summed E-state index contributed by atoms with van der Waals surface area (Å²) >= 11 is 3.22. The molecule has 2 heterocycles. The molecule has 124 valence electrons. The first-order valence-corrected chi connectivity index (χ1v) is 8.06. The summed E-state index contributed by atoms with van der Waals surface area (Å²) in [5.41, 5.74) is 8.15. The molecule has 0 bridgehead atoms. The molecule has 0 radical (unpaired) electrons. The maximum absolute atomic E-state index is 14.0. The lowest BCUT2D eigenvalue weighted by Crippen LogP contribution is -2.09. The number of aromatic nitrogens is 5. The Kier molecular flexibility index (Phi) is 3.77. The molecule has 9 heteroatoms. The Morgan fingerprint density at radius 3 is 2.80 bits per heavy atom. The topological polar surface area (TPSA) is 94.5 Å². The summed E-state index contributed by atoms with van der Waals surface area (Å²) in [5, 5.41) is 11.1. The third-order valence-corrected chi connectivity index (χ3v) is 4.09. The molecule has 0 amide bonds. The second kappa shape index (κ2) is 6.10. The Balaban J connectivity index is 1.78. The first kappa shape index (κ1) is 15.5. The fourth-order valence-corrected chi connectivity index (χ4v) is 2.73. The first-order valence-electron chi connectivity index (χ1n) is 7.27. The normalized spacial score (nSPS) is 11.0. The summed E-state index contributed by atoms with van der Waals surface area (Å²) in [6, 6.07) is 12.1. The lowest BCUT2D eigenvalue weighted by atomic mass is 10.3. The van der Waals surface area contributed by atoms with Crippen LogP contribution in [-0.2, 0) is 0 Å². The van der Waals surface area contributed by atoms with Gasteiger partial charge in [-0.3, -0.25) is 0 Å². The van der Waals surface area contributed by atoms with Gasteiger partial charge in [0, 0.05) is 4.47 Å². The summed E-state index contributed by atoms with van der Waals surface area (Å²) in [6.07, 6.45) is 1.33. The second-order valence-electron chi connectivity index (χ2n) is 5.20. The van der Waals surface area contributed by atoms with E-state index in [0.717, 1.165) is 5.52 Å². The fourth-order valence-electron chi connectivity index (χ4n) is 2.40. The second-order valence-corrected chi connectivity index (χ2v) is 6.11. The summed E-state index contributed by atoms with van der Waals surface area (Å²) in [6.45, 7) is 0. The molecular formula is C16H11BrFN7. The van der Waals surface area contributed by atoms with Gasteiger partial charge in [-0.15, -0.1) is 5.10 Å².